The maximum atomic E-state index is 12.4. The first kappa shape index (κ1) is 15.1. The summed E-state index contributed by atoms with van der Waals surface area (Å²) in [6.45, 7) is 3.95. The number of hydrogen-bond donors (Lipinski definition) is 1. The molecule has 0 aliphatic carbocycles. The van der Waals surface area contributed by atoms with Crippen molar-refractivity contribution in [2.75, 3.05) is 13.6 Å². The molecule has 1 rings (SSSR count). The summed E-state index contributed by atoms with van der Waals surface area (Å²) in [5.74, 6) is 0. The molecule has 0 aromatic heterocycles. The van der Waals surface area contributed by atoms with E-state index in [1.54, 1.807) is 13.0 Å². The molecule has 18 heavy (non-hydrogen) atoms. The molecule has 2 N–H and O–H groups in total. The van der Waals surface area contributed by atoms with E-state index >= 15 is 0 Å². The van der Waals surface area contributed by atoms with Gasteiger partial charge in [-0.3, -0.25) is 0 Å². The van der Waals surface area contributed by atoms with E-state index in [0.29, 0.717) is 22.8 Å². The molecule has 0 aliphatic heterocycles. The number of aryl methyl sites for hydroxylation is 2. The van der Waals surface area contributed by atoms with Gasteiger partial charge in [0.05, 0.1) is 9.88 Å². The van der Waals surface area contributed by atoms with Gasteiger partial charge in [0.2, 0.25) is 10.0 Å². The lowest BCUT2D eigenvalue weighted by atomic mass is 10.2. The topological polar surface area (TPSA) is 63.4 Å². The van der Waals surface area contributed by atoms with Gasteiger partial charge in [-0.2, -0.15) is 0 Å². The molecule has 6 heteroatoms. The molecule has 0 fully saturated rings. The lowest BCUT2D eigenvalue weighted by molar-refractivity contribution is 0.478. The molecule has 100 valence electrons. The number of benzene rings is 1. The van der Waals surface area contributed by atoms with Crippen molar-refractivity contribution >= 4 is 27.2 Å². The second-order valence-corrected chi connectivity index (χ2v) is 6.85. The minimum absolute atomic E-state index is 0.297. The van der Waals surface area contributed by atoms with Gasteiger partial charge in [-0.25, -0.2) is 12.7 Å². The maximum Gasteiger partial charge on any atom is 0.243 e. The van der Waals surface area contributed by atoms with E-state index in [4.69, 9.17) is 18.0 Å². The fourth-order valence-electron chi connectivity index (χ4n) is 1.54. The fourth-order valence-corrected chi connectivity index (χ4v) is 3.11. The van der Waals surface area contributed by atoms with Crippen LogP contribution in [0.1, 0.15) is 17.5 Å². The molecule has 0 heterocycles. The van der Waals surface area contributed by atoms with Crippen LogP contribution in [0.3, 0.4) is 0 Å². The number of hydrogen-bond acceptors (Lipinski definition) is 3. The van der Waals surface area contributed by atoms with E-state index in [-0.39, 0.29) is 0 Å². The Labute approximate surface area is 114 Å². The Kier molecular flexibility index (Phi) is 4.84. The van der Waals surface area contributed by atoms with Crippen molar-refractivity contribution in [3.8, 4) is 0 Å². The van der Waals surface area contributed by atoms with Crippen LogP contribution >= 0.6 is 12.2 Å². The molecule has 0 saturated heterocycles. The van der Waals surface area contributed by atoms with Gasteiger partial charge in [0, 0.05) is 20.0 Å². The number of rotatable bonds is 5. The van der Waals surface area contributed by atoms with Crippen molar-refractivity contribution in [3.63, 3.8) is 0 Å². The van der Waals surface area contributed by atoms with E-state index in [1.165, 1.54) is 11.4 Å². The van der Waals surface area contributed by atoms with Crippen molar-refractivity contribution in [2.24, 2.45) is 5.73 Å². The predicted molar refractivity (Wildman–Crippen MR) is 77.1 cm³/mol. The van der Waals surface area contributed by atoms with Crippen LogP contribution in [0.25, 0.3) is 0 Å². The van der Waals surface area contributed by atoms with E-state index in [1.807, 2.05) is 19.1 Å². The molecular formula is C12H18N2O2S2. The van der Waals surface area contributed by atoms with Crippen LogP contribution in [0.5, 0.6) is 0 Å². The van der Waals surface area contributed by atoms with Crippen LogP contribution in [0.15, 0.2) is 23.1 Å². The van der Waals surface area contributed by atoms with Crippen LogP contribution in [0.2, 0.25) is 0 Å². The third-order valence-electron chi connectivity index (χ3n) is 2.70. The van der Waals surface area contributed by atoms with Gasteiger partial charge in [-0.15, -0.1) is 0 Å². The molecule has 0 radical (unpaired) electrons. The Morgan fingerprint density at radius 1 is 1.39 bits per heavy atom. The molecule has 0 saturated carbocycles. The van der Waals surface area contributed by atoms with Crippen molar-refractivity contribution in [2.45, 2.75) is 25.2 Å². The van der Waals surface area contributed by atoms with Crippen LogP contribution in [0, 0.1) is 13.8 Å². The smallest absolute Gasteiger partial charge is 0.243 e. The second kappa shape index (κ2) is 5.77. The van der Waals surface area contributed by atoms with Gasteiger partial charge in [-0.05, 0) is 31.0 Å². The summed E-state index contributed by atoms with van der Waals surface area (Å²) < 4.78 is 26.0. The van der Waals surface area contributed by atoms with Crippen molar-refractivity contribution in [1.29, 1.82) is 0 Å². The SMILES string of the molecule is Cc1ccc(C)c(S(=O)(=O)N(C)CCC(N)=S)c1. The fraction of sp³-hybridized carbons (Fsp3) is 0.417. The first-order valence-electron chi connectivity index (χ1n) is 5.57. The first-order valence-corrected chi connectivity index (χ1v) is 7.42. The molecule has 0 aliphatic rings. The van der Waals surface area contributed by atoms with Crippen LogP contribution in [-0.2, 0) is 10.0 Å². The van der Waals surface area contributed by atoms with E-state index in [0.717, 1.165) is 11.1 Å². The monoisotopic (exact) mass is 286 g/mol. The highest BCUT2D eigenvalue weighted by Gasteiger charge is 2.22. The second-order valence-electron chi connectivity index (χ2n) is 4.31. The molecule has 0 unspecified atom stereocenters. The molecule has 0 atom stereocenters. The summed E-state index contributed by atoms with van der Waals surface area (Å²) in [6, 6.07) is 5.38. The van der Waals surface area contributed by atoms with Gasteiger partial charge in [0.25, 0.3) is 0 Å². The Hall–Kier alpha value is -0.980. The molecule has 0 amide bonds. The lowest BCUT2D eigenvalue weighted by Gasteiger charge is -2.18. The molecule has 0 bridgehead atoms. The zero-order chi connectivity index (χ0) is 13.9. The summed E-state index contributed by atoms with van der Waals surface area (Å²) in [5, 5.41) is 0. The van der Waals surface area contributed by atoms with Crippen LogP contribution in [0.4, 0.5) is 0 Å². The minimum Gasteiger partial charge on any atom is -0.393 e. The zero-order valence-corrected chi connectivity index (χ0v) is 12.4. The van der Waals surface area contributed by atoms with Crippen molar-refractivity contribution in [1.82, 2.24) is 4.31 Å². The Balaban J connectivity index is 3.05. The average molecular weight is 286 g/mol. The highest BCUT2D eigenvalue weighted by atomic mass is 32.2. The average Bonchev–Trinajstić information content (AvgIpc) is 2.28. The summed E-state index contributed by atoms with van der Waals surface area (Å²) >= 11 is 4.76. The quantitative estimate of drug-likeness (QED) is 0.835. The number of thiocarbonyl (C=S) groups is 1. The Bertz CT molecular complexity index is 553. The summed E-state index contributed by atoms with van der Waals surface area (Å²) in [4.78, 5) is 0.658. The highest BCUT2D eigenvalue weighted by Crippen LogP contribution is 2.20. The Morgan fingerprint density at radius 3 is 2.56 bits per heavy atom. The molecule has 1 aromatic carbocycles. The zero-order valence-electron chi connectivity index (χ0n) is 10.8. The normalized spacial score (nSPS) is 11.8. The minimum atomic E-state index is -3.47. The summed E-state index contributed by atoms with van der Waals surface area (Å²) in [7, 11) is -1.93. The number of nitrogens with zero attached hydrogens (tertiary/aromatic N) is 1. The van der Waals surface area contributed by atoms with E-state index in [2.05, 4.69) is 0 Å². The van der Waals surface area contributed by atoms with Crippen molar-refractivity contribution in [3.05, 3.63) is 29.3 Å². The van der Waals surface area contributed by atoms with Crippen LogP contribution < -0.4 is 5.73 Å². The predicted octanol–water partition coefficient (Wildman–Crippen LogP) is 1.60. The summed E-state index contributed by atoms with van der Waals surface area (Å²) in [5.41, 5.74) is 7.04. The van der Waals surface area contributed by atoms with Gasteiger partial charge >= 0.3 is 0 Å². The van der Waals surface area contributed by atoms with E-state index < -0.39 is 10.0 Å². The number of nitrogens with two attached hydrogens (primary N) is 1. The summed E-state index contributed by atoms with van der Waals surface area (Å²) in [6.07, 6.45) is 0.385. The first-order chi connectivity index (χ1) is 8.25. The Morgan fingerprint density at radius 2 is 2.00 bits per heavy atom. The van der Waals surface area contributed by atoms with Crippen LogP contribution in [-0.4, -0.2) is 31.3 Å². The largest absolute Gasteiger partial charge is 0.393 e. The van der Waals surface area contributed by atoms with Crippen molar-refractivity contribution < 1.29 is 8.42 Å². The lowest BCUT2D eigenvalue weighted by Crippen LogP contribution is -2.30. The molecule has 4 nitrogen and oxygen atoms in total. The number of sulfonamides is 1. The standard InChI is InChI=1S/C12H18N2O2S2/c1-9-4-5-10(2)11(8-9)18(15,16)14(3)7-6-12(13)17/h4-5,8H,6-7H2,1-3H3,(H2,13,17). The third kappa shape index (κ3) is 3.51. The maximum absolute atomic E-state index is 12.4. The molecule has 1 aromatic rings. The van der Waals surface area contributed by atoms with Gasteiger partial charge in [-0.1, -0.05) is 24.4 Å². The van der Waals surface area contributed by atoms with Gasteiger partial charge in [0.1, 0.15) is 0 Å². The molecule has 0 spiro atoms. The third-order valence-corrected chi connectivity index (χ3v) is 4.91. The highest BCUT2D eigenvalue weighted by molar-refractivity contribution is 7.89. The molecular weight excluding hydrogens is 268 g/mol. The van der Waals surface area contributed by atoms with E-state index in [9.17, 15) is 8.42 Å². The van der Waals surface area contributed by atoms with Gasteiger partial charge in [0.15, 0.2) is 0 Å². The van der Waals surface area contributed by atoms with Gasteiger partial charge < -0.3 is 5.73 Å².